The van der Waals surface area contributed by atoms with Crippen LogP contribution in [0, 0.1) is 11.6 Å². The van der Waals surface area contributed by atoms with Crippen LogP contribution in [0.1, 0.15) is 35.3 Å². The third-order valence-electron chi connectivity index (χ3n) is 5.27. The molecule has 0 fully saturated rings. The second kappa shape index (κ2) is 9.18. The van der Waals surface area contributed by atoms with Crippen LogP contribution in [-0.2, 0) is 9.47 Å². The zero-order chi connectivity index (χ0) is 23.5. The van der Waals surface area contributed by atoms with Crippen LogP contribution in [0.3, 0.4) is 0 Å². The van der Waals surface area contributed by atoms with Crippen LogP contribution < -0.4 is 5.32 Å². The number of anilines is 1. The Bertz CT molecular complexity index is 1350. The van der Waals surface area contributed by atoms with Crippen molar-refractivity contribution in [1.82, 2.24) is 20.2 Å². The summed E-state index contributed by atoms with van der Waals surface area (Å²) in [6, 6.07) is 3.21. The number of carbonyl (C=O) groups is 1. The molecule has 3 heterocycles. The van der Waals surface area contributed by atoms with Crippen LogP contribution >= 0.6 is 0 Å². The Balaban J connectivity index is 1.31. The molecule has 1 aliphatic heterocycles. The Morgan fingerprint density at radius 1 is 1.18 bits per heavy atom. The molecule has 1 aliphatic carbocycles. The summed E-state index contributed by atoms with van der Waals surface area (Å²) in [5.41, 5.74) is 1.61. The van der Waals surface area contributed by atoms with Gasteiger partial charge in [-0.25, -0.2) is 13.8 Å². The second-order valence-corrected chi connectivity index (χ2v) is 7.63. The Kier molecular flexibility index (Phi) is 5.77. The highest BCUT2D eigenvalue weighted by atomic mass is 19.1. The molecular formula is C24H19F2N5O3. The number of aromatic nitrogens is 4. The molecule has 0 saturated carbocycles. The molecule has 0 radical (unpaired) electrons. The molecule has 2 aromatic heterocycles. The van der Waals surface area contributed by atoms with Gasteiger partial charge in [-0.2, -0.15) is 5.10 Å². The number of imidazole rings is 1. The molecule has 3 aromatic rings. The topological polar surface area (TPSA) is 105 Å². The molecule has 0 saturated heterocycles. The predicted molar refractivity (Wildman–Crippen MR) is 120 cm³/mol. The number of halogens is 2. The highest BCUT2D eigenvalue weighted by Crippen LogP contribution is 2.30. The van der Waals surface area contributed by atoms with Crippen LogP contribution in [0.15, 0.2) is 72.7 Å². The number of hydrogen-bond acceptors (Lipinski definition) is 5. The number of rotatable bonds is 6. The summed E-state index contributed by atoms with van der Waals surface area (Å²) in [6.45, 7) is 0. The largest absolute Gasteiger partial charge is 0.465 e. The molecule has 0 bridgehead atoms. The predicted octanol–water partition coefficient (Wildman–Crippen LogP) is 5.18. The standard InChI is InChI=1S/C24H19F2N5O3/c25-16-7-4-8-17(26)21(16)24(32)30-19-11-28-31-22(19)23-27-10-18(29-23)20-13-33-12-15(34-20)9-14-5-2-1-3-6-14/h1-2,4-5,7-8,10-13H,3,6,9H2,(H,27,29)(H,28,31)(H,30,32). The van der Waals surface area contributed by atoms with Gasteiger partial charge >= 0.3 is 0 Å². The van der Waals surface area contributed by atoms with Crippen molar-refractivity contribution in [2.24, 2.45) is 0 Å². The SMILES string of the molecule is O=C(Nc1cn[nH]c1-c1ncc(C2=COC=C(CC3=CC=CCC3)O2)[nH]1)c1c(F)cccc1F. The number of benzene rings is 1. The van der Waals surface area contributed by atoms with Crippen LogP contribution in [-0.4, -0.2) is 26.1 Å². The van der Waals surface area contributed by atoms with Gasteiger partial charge in [-0.15, -0.1) is 0 Å². The van der Waals surface area contributed by atoms with E-state index < -0.39 is 23.1 Å². The molecule has 172 valence electrons. The fraction of sp³-hybridized carbons (Fsp3) is 0.125. The van der Waals surface area contributed by atoms with Crippen LogP contribution in [0.2, 0.25) is 0 Å². The molecule has 2 aliphatic rings. The summed E-state index contributed by atoms with van der Waals surface area (Å²) in [4.78, 5) is 19.9. The van der Waals surface area contributed by atoms with Gasteiger partial charge in [-0.3, -0.25) is 9.89 Å². The maximum atomic E-state index is 14.0. The van der Waals surface area contributed by atoms with Gasteiger partial charge in [0.1, 0.15) is 46.9 Å². The molecule has 3 N–H and O–H groups in total. The number of nitrogens with zero attached hydrogens (tertiary/aromatic N) is 2. The fourth-order valence-electron chi connectivity index (χ4n) is 3.62. The van der Waals surface area contributed by atoms with E-state index in [1.165, 1.54) is 24.1 Å². The molecule has 10 heteroatoms. The van der Waals surface area contributed by atoms with Crippen molar-refractivity contribution in [3.8, 4) is 11.5 Å². The molecule has 1 amide bonds. The smallest absolute Gasteiger partial charge is 0.261 e. The van der Waals surface area contributed by atoms with Crippen molar-refractivity contribution in [2.45, 2.75) is 19.3 Å². The third kappa shape index (κ3) is 4.38. The lowest BCUT2D eigenvalue weighted by Gasteiger charge is -2.17. The number of carbonyl (C=O) groups excluding carboxylic acids is 1. The summed E-state index contributed by atoms with van der Waals surface area (Å²) in [6.07, 6.45) is 14.7. The van der Waals surface area contributed by atoms with Gasteiger partial charge in [-0.1, -0.05) is 29.9 Å². The average molecular weight is 463 g/mol. The lowest BCUT2D eigenvalue weighted by Crippen LogP contribution is -2.16. The summed E-state index contributed by atoms with van der Waals surface area (Å²) >= 11 is 0. The van der Waals surface area contributed by atoms with E-state index in [2.05, 4.69) is 37.6 Å². The second-order valence-electron chi connectivity index (χ2n) is 7.63. The molecule has 0 unspecified atom stereocenters. The molecule has 0 atom stereocenters. The normalized spacial score (nSPS) is 15.1. The highest BCUT2D eigenvalue weighted by molar-refractivity contribution is 6.06. The van der Waals surface area contributed by atoms with Crippen molar-refractivity contribution < 1.29 is 23.0 Å². The highest BCUT2D eigenvalue weighted by Gasteiger charge is 2.21. The molecule has 1 aromatic carbocycles. The minimum atomic E-state index is -0.965. The quantitative estimate of drug-likeness (QED) is 0.467. The minimum absolute atomic E-state index is 0.196. The number of nitrogens with one attached hydrogen (secondary N) is 3. The third-order valence-corrected chi connectivity index (χ3v) is 5.27. The maximum absolute atomic E-state index is 14.0. The van der Waals surface area contributed by atoms with E-state index in [4.69, 9.17) is 9.47 Å². The first-order chi connectivity index (χ1) is 16.6. The maximum Gasteiger partial charge on any atom is 0.261 e. The van der Waals surface area contributed by atoms with Gasteiger partial charge in [0.2, 0.25) is 0 Å². The zero-order valence-corrected chi connectivity index (χ0v) is 17.8. The monoisotopic (exact) mass is 463 g/mol. The fourth-order valence-corrected chi connectivity index (χ4v) is 3.62. The number of ether oxygens (including phenoxy) is 2. The van der Waals surface area contributed by atoms with Gasteiger partial charge in [0.25, 0.3) is 5.91 Å². The summed E-state index contributed by atoms with van der Waals surface area (Å²) in [7, 11) is 0. The molecule has 5 rings (SSSR count). The van der Waals surface area contributed by atoms with Gasteiger partial charge in [-0.05, 0) is 25.0 Å². The molecule has 8 nitrogen and oxygen atoms in total. The first-order valence-corrected chi connectivity index (χ1v) is 10.5. The lowest BCUT2D eigenvalue weighted by molar-refractivity contribution is 0.101. The van der Waals surface area contributed by atoms with Gasteiger partial charge < -0.3 is 19.8 Å². The first kappa shape index (κ1) is 21.4. The van der Waals surface area contributed by atoms with E-state index in [1.807, 2.05) is 6.08 Å². The van der Waals surface area contributed by atoms with E-state index in [1.54, 1.807) is 12.5 Å². The lowest BCUT2D eigenvalue weighted by atomic mass is 10.0. The van der Waals surface area contributed by atoms with Crippen molar-refractivity contribution >= 4 is 17.4 Å². The number of aromatic amines is 2. The first-order valence-electron chi connectivity index (χ1n) is 10.5. The van der Waals surface area contributed by atoms with Gasteiger partial charge in [0.15, 0.2) is 11.6 Å². The van der Waals surface area contributed by atoms with E-state index in [0.29, 0.717) is 35.2 Å². The van der Waals surface area contributed by atoms with E-state index >= 15 is 0 Å². The molecule has 0 spiro atoms. The average Bonchev–Trinajstić information content (AvgIpc) is 3.49. The van der Waals surface area contributed by atoms with Crippen molar-refractivity contribution in [3.63, 3.8) is 0 Å². The number of amides is 1. The summed E-state index contributed by atoms with van der Waals surface area (Å²) in [5.74, 6) is -1.45. The van der Waals surface area contributed by atoms with E-state index in [0.717, 1.165) is 25.0 Å². The number of hydrogen-bond donors (Lipinski definition) is 3. The van der Waals surface area contributed by atoms with Crippen LogP contribution in [0.5, 0.6) is 0 Å². The Morgan fingerprint density at radius 3 is 2.82 bits per heavy atom. The zero-order valence-electron chi connectivity index (χ0n) is 17.8. The molecule has 34 heavy (non-hydrogen) atoms. The number of H-pyrrole nitrogens is 2. The Labute approximate surface area is 192 Å². The van der Waals surface area contributed by atoms with Gasteiger partial charge in [0, 0.05) is 6.42 Å². The summed E-state index contributed by atoms with van der Waals surface area (Å²) in [5, 5.41) is 9.10. The minimum Gasteiger partial charge on any atom is -0.465 e. The molecular weight excluding hydrogens is 444 g/mol. The Hall–Kier alpha value is -4.47. The van der Waals surface area contributed by atoms with Crippen LogP contribution in [0.4, 0.5) is 14.5 Å². The van der Waals surface area contributed by atoms with Crippen molar-refractivity contribution in [1.29, 1.82) is 0 Å². The van der Waals surface area contributed by atoms with Crippen molar-refractivity contribution in [2.75, 3.05) is 5.32 Å². The Morgan fingerprint density at radius 2 is 2.03 bits per heavy atom. The van der Waals surface area contributed by atoms with Crippen molar-refractivity contribution in [3.05, 3.63) is 95.6 Å². The number of allylic oxidation sites excluding steroid dienone is 4. The summed E-state index contributed by atoms with van der Waals surface area (Å²) < 4.78 is 39.3. The van der Waals surface area contributed by atoms with Gasteiger partial charge in [0.05, 0.1) is 18.1 Å². The van der Waals surface area contributed by atoms with E-state index in [9.17, 15) is 13.6 Å². The van der Waals surface area contributed by atoms with Crippen LogP contribution in [0.25, 0.3) is 17.3 Å². The van der Waals surface area contributed by atoms with E-state index in [-0.39, 0.29) is 5.69 Å².